The molecule has 180 valence electrons. The van der Waals surface area contributed by atoms with Gasteiger partial charge in [-0.3, -0.25) is 9.59 Å². The molecular formula is C23H34O9. The minimum atomic E-state index is -1.57. The molecule has 3 fully saturated rings. The lowest BCUT2D eigenvalue weighted by atomic mass is 9.61. The van der Waals surface area contributed by atoms with Crippen LogP contribution in [0, 0.1) is 16.7 Å². The summed E-state index contributed by atoms with van der Waals surface area (Å²) >= 11 is 0. The molecule has 4 rings (SSSR count). The van der Waals surface area contributed by atoms with Gasteiger partial charge >= 0.3 is 5.97 Å². The van der Waals surface area contributed by atoms with Crippen molar-refractivity contribution in [2.75, 3.05) is 6.61 Å². The summed E-state index contributed by atoms with van der Waals surface area (Å²) in [6.07, 6.45) is -3.31. The molecule has 2 saturated carbocycles. The number of ketones is 1. The predicted molar refractivity (Wildman–Crippen MR) is 110 cm³/mol. The second-order valence-corrected chi connectivity index (χ2v) is 10.8. The summed E-state index contributed by atoms with van der Waals surface area (Å²) in [5, 5.41) is 42.2. The molecule has 0 unspecified atom stereocenters. The van der Waals surface area contributed by atoms with Gasteiger partial charge in [0.05, 0.1) is 18.1 Å². The van der Waals surface area contributed by atoms with Gasteiger partial charge in [0.1, 0.15) is 29.7 Å². The van der Waals surface area contributed by atoms with Gasteiger partial charge in [0, 0.05) is 17.8 Å². The Balaban J connectivity index is 1.78. The number of esters is 1. The van der Waals surface area contributed by atoms with E-state index in [1.807, 2.05) is 13.0 Å². The van der Waals surface area contributed by atoms with E-state index >= 15 is 0 Å². The number of carbonyl (C=O) groups excluding carboxylic acids is 2. The average Bonchev–Trinajstić information content (AvgIpc) is 3.45. The Hall–Kier alpha value is -1.36. The van der Waals surface area contributed by atoms with E-state index in [1.54, 1.807) is 20.8 Å². The Bertz CT molecular complexity index is 842. The molecule has 0 bridgehead atoms. The smallest absolute Gasteiger partial charge is 0.303 e. The highest BCUT2D eigenvalue weighted by atomic mass is 16.7. The fourth-order valence-electron chi connectivity index (χ4n) is 6.39. The maximum Gasteiger partial charge on any atom is 0.303 e. The minimum absolute atomic E-state index is 0.128. The lowest BCUT2D eigenvalue weighted by molar-refractivity contribution is -0.331. The lowest BCUT2D eigenvalue weighted by Crippen LogP contribution is -2.64. The van der Waals surface area contributed by atoms with Crippen molar-refractivity contribution in [1.29, 1.82) is 0 Å². The van der Waals surface area contributed by atoms with Crippen molar-refractivity contribution in [3.8, 4) is 0 Å². The first-order valence-electron chi connectivity index (χ1n) is 11.2. The van der Waals surface area contributed by atoms with Gasteiger partial charge in [-0.1, -0.05) is 25.5 Å². The topological polar surface area (TPSA) is 143 Å². The zero-order valence-corrected chi connectivity index (χ0v) is 19.2. The third-order valence-corrected chi connectivity index (χ3v) is 8.09. The molecule has 0 amide bonds. The van der Waals surface area contributed by atoms with Crippen LogP contribution in [0.2, 0.25) is 0 Å². The van der Waals surface area contributed by atoms with Crippen LogP contribution in [0.3, 0.4) is 0 Å². The molecule has 0 aromatic carbocycles. The standard InChI is InChI=1S/C23H34O9/c1-11-8-23(10-20(3,4)18(28)17(23)21(5,29)22(11)6-7-22)32-19-16(30-12(2)25)15(27)14(26)13(9-24)31-19/h8,13-17,19,24,26-27,29H,6-7,9-10H2,1-5H3/t13-,14-,15+,16-,17-,19+,21-,23+/m1/s1. The van der Waals surface area contributed by atoms with Crippen molar-refractivity contribution in [3.63, 3.8) is 0 Å². The molecule has 1 heterocycles. The Morgan fingerprint density at radius 3 is 2.38 bits per heavy atom. The van der Waals surface area contributed by atoms with Gasteiger partial charge in [-0.2, -0.15) is 0 Å². The number of hydrogen-bond acceptors (Lipinski definition) is 9. The fourth-order valence-corrected chi connectivity index (χ4v) is 6.39. The summed E-state index contributed by atoms with van der Waals surface area (Å²) in [7, 11) is 0. The predicted octanol–water partition coefficient (Wildman–Crippen LogP) is 0.219. The van der Waals surface area contributed by atoms with Crippen molar-refractivity contribution in [3.05, 3.63) is 11.6 Å². The first-order valence-corrected chi connectivity index (χ1v) is 11.2. The maximum absolute atomic E-state index is 13.5. The third kappa shape index (κ3) is 3.20. The lowest BCUT2D eigenvalue weighted by Gasteiger charge is -2.52. The second kappa shape index (κ2) is 7.32. The van der Waals surface area contributed by atoms with Crippen LogP contribution in [-0.2, 0) is 23.8 Å². The second-order valence-electron chi connectivity index (χ2n) is 10.8. The average molecular weight is 455 g/mol. The van der Waals surface area contributed by atoms with Crippen LogP contribution in [-0.4, -0.2) is 80.7 Å². The van der Waals surface area contributed by atoms with Crippen molar-refractivity contribution >= 4 is 11.8 Å². The van der Waals surface area contributed by atoms with Crippen LogP contribution >= 0.6 is 0 Å². The van der Waals surface area contributed by atoms with E-state index in [4.69, 9.17) is 14.2 Å². The highest BCUT2D eigenvalue weighted by Crippen LogP contribution is 2.69. The normalized spacial score (nSPS) is 46.5. The van der Waals surface area contributed by atoms with E-state index in [9.17, 15) is 30.0 Å². The fraction of sp³-hybridized carbons (Fsp3) is 0.826. The van der Waals surface area contributed by atoms with Gasteiger partial charge in [-0.15, -0.1) is 0 Å². The quantitative estimate of drug-likeness (QED) is 0.346. The number of ether oxygens (including phenoxy) is 3. The zero-order chi connectivity index (χ0) is 23.9. The van der Waals surface area contributed by atoms with Crippen LogP contribution < -0.4 is 0 Å². The van der Waals surface area contributed by atoms with E-state index in [2.05, 4.69) is 0 Å². The molecule has 0 radical (unpaired) electrons. The SMILES string of the molecule is CC(=O)O[C@H]1[C@H](O[C@]23C=C(C)C4(CC4)[C@](C)(O)[C@H]2C(=O)C(C)(C)C3)O[C@H](CO)[C@@H](O)[C@@H]1O. The van der Waals surface area contributed by atoms with E-state index in [-0.39, 0.29) is 12.2 Å². The summed E-state index contributed by atoms with van der Waals surface area (Å²) in [5.41, 5.74) is -2.99. The molecule has 1 saturated heterocycles. The van der Waals surface area contributed by atoms with Gasteiger partial charge in [-0.05, 0) is 33.1 Å². The molecule has 9 nitrogen and oxygen atoms in total. The van der Waals surface area contributed by atoms with Gasteiger partial charge in [0.25, 0.3) is 0 Å². The highest BCUT2D eigenvalue weighted by Gasteiger charge is 2.74. The highest BCUT2D eigenvalue weighted by molar-refractivity contribution is 5.92. The molecule has 32 heavy (non-hydrogen) atoms. The first kappa shape index (κ1) is 23.8. The van der Waals surface area contributed by atoms with E-state index in [1.165, 1.54) is 0 Å². The van der Waals surface area contributed by atoms with E-state index in [0.29, 0.717) is 0 Å². The molecule has 8 atom stereocenters. The first-order chi connectivity index (χ1) is 14.7. The van der Waals surface area contributed by atoms with Crippen molar-refractivity contribution in [2.24, 2.45) is 16.7 Å². The molecule has 0 aromatic heterocycles. The van der Waals surface area contributed by atoms with Crippen LogP contribution in [0.25, 0.3) is 0 Å². The molecule has 9 heteroatoms. The third-order valence-electron chi connectivity index (χ3n) is 8.09. The largest absolute Gasteiger partial charge is 0.454 e. The zero-order valence-electron chi connectivity index (χ0n) is 19.2. The van der Waals surface area contributed by atoms with E-state index in [0.717, 1.165) is 25.3 Å². The molecule has 0 aromatic rings. The number of carbonyl (C=O) groups is 2. The number of rotatable bonds is 4. The summed E-state index contributed by atoms with van der Waals surface area (Å²) in [6, 6.07) is 0. The van der Waals surface area contributed by atoms with Crippen molar-refractivity contribution in [2.45, 2.75) is 95.8 Å². The van der Waals surface area contributed by atoms with Gasteiger partial charge in [0.2, 0.25) is 0 Å². The molecule has 4 N–H and O–H groups in total. The summed E-state index contributed by atoms with van der Waals surface area (Å²) in [4.78, 5) is 25.2. The van der Waals surface area contributed by atoms with Crippen LogP contribution in [0.4, 0.5) is 0 Å². The number of aliphatic hydroxyl groups is 4. The van der Waals surface area contributed by atoms with Crippen LogP contribution in [0.15, 0.2) is 11.6 Å². The maximum atomic E-state index is 13.5. The summed E-state index contributed by atoms with van der Waals surface area (Å²) in [6.45, 7) is 7.76. The summed E-state index contributed by atoms with van der Waals surface area (Å²) < 4.78 is 17.4. The number of Topliss-reactive ketones (excluding diaryl/α,β-unsaturated/α-hetero) is 1. The molecular weight excluding hydrogens is 420 g/mol. The van der Waals surface area contributed by atoms with E-state index < -0.39 is 71.2 Å². The van der Waals surface area contributed by atoms with Crippen molar-refractivity contribution < 1.29 is 44.2 Å². The number of hydrogen-bond donors (Lipinski definition) is 4. The van der Waals surface area contributed by atoms with Crippen LogP contribution in [0.1, 0.15) is 53.9 Å². The Labute approximate surface area is 187 Å². The monoisotopic (exact) mass is 454 g/mol. The number of aliphatic hydroxyl groups excluding tert-OH is 3. The Kier molecular flexibility index (Phi) is 5.44. The van der Waals surface area contributed by atoms with Crippen LogP contribution in [0.5, 0.6) is 0 Å². The van der Waals surface area contributed by atoms with Gasteiger partial charge < -0.3 is 34.6 Å². The molecule has 1 spiro atoms. The Morgan fingerprint density at radius 1 is 1.22 bits per heavy atom. The minimum Gasteiger partial charge on any atom is -0.454 e. The van der Waals surface area contributed by atoms with Gasteiger partial charge in [-0.25, -0.2) is 0 Å². The Morgan fingerprint density at radius 2 is 1.84 bits per heavy atom. The molecule has 1 aliphatic heterocycles. The van der Waals surface area contributed by atoms with Gasteiger partial charge in [0.15, 0.2) is 12.4 Å². The molecule has 3 aliphatic carbocycles. The summed E-state index contributed by atoms with van der Waals surface area (Å²) in [5.74, 6) is -1.73. The molecule has 4 aliphatic rings. The number of fused-ring (bicyclic) bond motifs is 1. The van der Waals surface area contributed by atoms with Crippen molar-refractivity contribution in [1.82, 2.24) is 0 Å².